The van der Waals surface area contributed by atoms with E-state index in [4.69, 9.17) is 18.9 Å². The van der Waals surface area contributed by atoms with Crippen LogP contribution in [-0.2, 0) is 19.1 Å². The third kappa shape index (κ3) is 7.78. The van der Waals surface area contributed by atoms with Gasteiger partial charge in [-0.2, -0.15) is 0 Å². The molecule has 0 aromatic heterocycles. The smallest absolute Gasteiger partial charge is 0.330 e. The molecule has 0 amide bonds. The average Bonchev–Trinajstić information content (AvgIpc) is 2.73. The SMILES string of the molecule is CCCC(C)(C(=O)OCCOC(=O)/C=C/C=C/c1cc(OC)ccc1OC)C(C)(C)C. The summed E-state index contributed by atoms with van der Waals surface area (Å²) in [5.74, 6) is 0.633. The molecule has 0 fully saturated rings. The lowest BCUT2D eigenvalue weighted by molar-refractivity contribution is -0.165. The predicted octanol–water partition coefficient (Wildman–Crippen LogP) is 5.21. The van der Waals surface area contributed by atoms with E-state index in [2.05, 4.69) is 0 Å². The zero-order valence-corrected chi connectivity index (χ0v) is 19.8. The fourth-order valence-electron chi connectivity index (χ4n) is 3.03. The van der Waals surface area contributed by atoms with Crippen LogP contribution in [0.2, 0.25) is 0 Å². The Labute approximate surface area is 186 Å². The van der Waals surface area contributed by atoms with Crippen molar-refractivity contribution >= 4 is 18.0 Å². The van der Waals surface area contributed by atoms with Crippen molar-refractivity contribution in [3.05, 3.63) is 42.0 Å². The molecule has 0 heterocycles. The van der Waals surface area contributed by atoms with E-state index in [1.165, 1.54) is 6.08 Å². The summed E-state index contributed by atoms with van der Waals surface area (Å²) < 4.78 is 21.0. The fourth-order valence-corrected chi connectivity index (χ4v) is 3.03. The van der Waals surface area contributed by atoms with Gasteiger partial charge in [-0.05, 0) is 37.0 Å². The highest BCUT2D eigenvalue weighted by Crippen LogP contribution is 2.43. The lowest BCUT2D eigenvalue weighted by Gasteiger charge is -2.39. The number of hydrogen-bond donors (Lipinski definition) is 0. The van der Waals surface area contributed by atoms with Gasteiger partial charge in [0.2, 0.25) is 0 Å². The van der Waals surface area contributed by atoms with Crippen molar-refractivity contribution in [3.8, 4) is 11.5 Å². The van der Waals surface area contributed by atoms with Crippen molar-refractivity contribution in [2.45, 2.75) is 47.5 Å². The second-order valence-electron chi connectivity index (χ2n) is 8.46. The van der Waals surface area contributed by atoms with E-state index < -0.39 is 11.4 Å². The lowest BCUT2D eigenvalue weighted by Crippen LogP contribution is -2.42. The first-order valence-electron chi connectivity index (χ1n) is 10.5. The molecule has 0 aliphatic heterocycles. The Morgan fingerprint density at radius 3 is 2.23 bits per heavy atom. The second kappa shape index (κ2) is 12.2. The topological polar surface area (TPSA) is 71.1 Å². The van der Waals surface area contributed by atoms with E-state index in [0.29, 0.717) is 11.5 Å². The van der Waals surface area contributed by atoms with E-state index >= 15 is 0 Å². The Morgan fingerprint density at radius 1 is 0.968 bits per heavy atom. The summed E-state index contributed by atoms with van der Waals surface area (Å²) in [5, 5.41) is 0. The molecule has 0 bridgehead atoms. The van der Waals surface area contributed by atoms with Crippen LogP contribution in [0.15, 0.2) is 36.4 Å². The molecule has 172 valence electrons. The standard InChI is InChI=1S/C25H36O6/c1-8-15-25(5,24(2,3)4)23(27)31-17-16-30-22(26)12-10-9-11-19-18-20(28-6)13-14-21(19)29-7/h9-14,18H,8,15-17H2,1-7H3/b11-9+,12-10+. The monoisotopic (exact) mass is 432 g/mol. The van der Waals surface area contributed by atoms with Crippen LogP contribution < -0.4 is 9.47 Å². The number of methoxy groups -OCH3 is 2. The van der Waals surface area contributed by atoms with Crippen LogP contribution in [0.4, 0.5) is 0 Å². The third-order valence-electron chi connectivity index (χ3n) is 5.47. The van der Waals surface area contributed by atoms with E-state index in [-0.39, 0.29) is 24.6 Å². The van der Waals surface area contributed by atoms with Crippen LogP contribution >= 0.6 is 0 Å². The van der Waals surface area contributed by atoms with Gasteiger partial charge in [0.25, 0.3) is 0 Å². The first-order chi connectivity index (χ1) is 14.6. The van der Waals surface area contributed by atoms with E-state index in [9.17, 15) is 9.59 Å². The summed E-state index contributed by atoms with van der Waals surface area (Å²) in [6.45, 7) is 10.1. The Balaban J connectivity index is 2.52. The van der Waals surface area contributed by atoms with Gasteiger partial charge in [0.05, 0.1) is 19.6 Å². The highest BCUT2D eigenvalue weighted by atomic mass is 16.6. The van der Waals surface area contributed by atoms with Crippen LogP contribution in [0.5, 0.6) is 11.5 Å². The van der Waals surface area contributed by atoms with Crippen molar-refractivity contribution in [1.82, 2.24) is 0 Å². The first-order valence-corrected chi connectivity index (χ1v) is 10.5. The summed E-state index contributed by atoms with van der Waals surface area (Å²) in [4.78, 5) is 24.4. The molecule has 1 atom stereocenters. The van der Waals surface area contributed by atoms with Crippen molar-refractivity contribution < 1.29 is 28.5 Å². The maximum absolute atomic E-state index is 12.6. The lowest BCUT2D eigenvalue weighted by atomic mass is 9.65. The molecular formula is C25H36O6. The van der Waals surface area contributed by atoms with E-state index in [1.807, 2.05) is 52.8 Å². The van der Waals surface area contributed by atoms with Crippen molar-refractivity contribution in [3.63, 3.8) is 0 Å². The molecule has 1 aromatic rings. The summed E-state index contributed by atoms with van der Waals surface area (Å²) >= 11 is 0. The van der Waals surface area contributed by atoms with Gasteiger partial charge in [-0.15, -0.1) is 0 Å². The molecule has 6 nitrogen and oxygen atoms in total. The van der Waals surface area contributed by atoms with Crippen LogP contribution in [0.25, 0.3) is 6.08 Å². The molecule has 0 spiro atoms. The number of allylic oxidation sites excluding steroid dienone is 2. The zero-order valence-electron chi connectivity index (χ0n) is 19.8. The average molecular weight is 433 g/mol. The van der Waals surface area contributed by atoms with Gasteiger partial charge in [-0.3, -0.25) is 4.79 Å². The summed E-state index contributed by atoms with van der Waals surface area (Å²) in [5.41, 5.74) is 0.00956. The minimum absolute atomic E-state index is 0.00861. The summed E-state index contributed by atoms with van der Waals surface area (Å²) in [7, 11) is 3.18. The summed E-state index contributed by atoms with van der Waals surface area (Å²) in [6, 6.07) is 5.45. The molecule has 0 saturated heterocycles. The Morgan fingerprint density at radius 2 is 1.65 bits per heavy atom. The molecule has 0 aliphatic carbocycles. The van der Waals surface area contributed by atoms with Gasteiger partial charge >= 0.3 is 11.9 Å². The van der Waals surface area contributed by atoms with Crippen LogP contribution in [-0.4, -0.2) is 39.4 Å². The predicted molar refractivity (Wildman–Crippen MR) is 122 cm³/mol. The maximum Gasteiger partial charge on any atom is 0.330 e. The third-order valence-corrected chi connectivity index (χ3v) is 5.47. The van der Waals surface area contributed by atoms with E-state index in [1.54, 1.807) is 32.4 Å². The Kier molecular flexibility index (Phi) is 10.3. The zero-order chi connectivity index (χ0) is 23.5. The van der Waals surface area contributed by atoms with E-state index in [0.717, 1.165) is 18.4 Å². The Hall–Kier alpha value is -2.76. The molecule has 0 N–H and O–H groups in total. The largest absolute Gasteiger partial charge is 0.497 e. The minimum Gasteiger partial charge on any atom is -0.497 e. The second-order valence-corrected chi connectivity index (χ2v) is 8.46. The molecule has 1 aromatic carbocycles. The molecule has 0 saturated carbocycles. The molecule has 6 heteroatoms. The molecule has 1 rings (SSSR count). The normalized spacial score (nSPS) is 13.8. The van der Waals surface area contributed by atoms with Crippen molar-refractivity contribution in [2.75, 3.05) is 27.4 Å². The van der Waals surface area contributed by atoms with Gasteiger partial charge < -0.3 is 18.9 Å². The van der Waals surface area contributed by atoms with Gasteiger partial charge in [-0.1, -0.05) is 52.3 Å². The van der Waals surface area contributed by atoms with Gasteiger partial charge in [0.15, 0.2) is 0 Å². The quantitative estimate of drug-likeness (QED) is 0.207. The molecule has 31 heavy (non-hydrogen) atoms. The first kappa shape index (κ1) is 26.3. The molecular weight excluding hydrogens is 396 g/mol. The minimum atomic E-state index is -0.586. The summed E-state index contributed by atoms with van der Waals surface area (Å²) in [6.07, 6.45) is 8.01. The van der Waals surface area contributed by atoms with Crippen LogP contribution in [0.1, 0.15) is 53.0 Å². The number of hydrogen-bond acceptors (Lipinski definition) is 6. The number of carbonyl (C=O) groups is 2. The molecule has 1 unspecified atom stereocenters. The van der Waals surface area contributed by atoms with Crippen LogP contribution in [0, 0.1) is 10.8 Å². The van der Waals surface area contributed by atoms with Crippen LogP contribution in [0.3, 0.4) is 0 Å². The number of ether oxygens (including phenoxy) is 4. The maximum atomic E-state index is 12.6. The van der Waals surface area contributed by atoms with Crippen molar-refractivity contribution in [1.29, 1.82) is 0 Å². The number of esters is 2. The molecule has 0 aliphatic rings. The van der Waals surface area contributed by atoms with Gasteiger partial charge in [0, 0.05) is 11.6 Å². The van der Waals surface area contributed by atoms with Crippen molar-refractivity contribution in [2.24, 2.45) is 10.8 Å². The highest BCUT2D eigenvalue weighted by molar-refractivity contribution is 5.82. The molecule has 0 radical (unpaired) electrons. The number of benzene rings is 1. The highest BCUT2D eigenvalue weighted by Gasteiger charge is 2.44. The Bertz CT molecular complexity index is 788. The fraction of sp³-hybridized carbons (Fsp3) is 0.520. The number of rotatable bonds is 11. The number of carbonyl (C=O) groups excluding carboxylic acids is 2. The van der Waals surface area contributed by atoms with Gasteiger partial charge in [-0.25, -0.2) is 4.79 Å². The van der Waals surface area contributed by atoms with Gasteiger partial charge in [0.1, 0.15) is 24.7 Å².